The fourth-order valence-electron chi connectivity index (χ4n) is 2.26. The van der Waals surface area contributed by atoms with Crippen molar-refractivity contribution >= 4 is 0 Å². The van der Waals surface area contributed by atoms with Gasteiger partial charge in [0.2, 0.25) is 0 Å². The molecule has 3 nitrogen and oxygen atoms in total. The molecule has 1 aromatic carbocycles. The van der Waals surface area contributed by atoms with Crippen molar-refractivity contribution in [1.29, 1.82) is 0 Å². The summed E-state index contributed by atoms with van der Waals surface area (Å²) in [6.07, 6.45) is 2.70. The quantitative estimate of drug-likeness (QED) is 0.752. The molecule has 1 aromatic heterocycles. The molecule has 0 aliphatic carbocycles. The van der Waals surface area contributed by atoms with E-state index in [0.29, 0.717) is 5.89 Å². The first-order valence-corrected chi connectivity index (χ1v) is 5.78. The van der Waals surface area contributed by atoms with E-state index in [1.54, 1.807) is 6.20 Å². The van der Waals surface area contributed by atoms with Gasteiger partial charge in [0.25, 0.3) is 0 Å². The molecule has 3 heteroatoms. The zero-order valence-electron chi connectivity index (χ0n) is 10.3. The summed E-state index contributed by atoms with van der Waals surface area (Å²) in [5.74, 6) is 2.49. The number of ether oxygens (including phenoxy) is 1. The van der Waals surface area contributed by atoms with Crippen molar-refractivity contribution in [2.45, 2.75) is 32.8 Å². The predicted octanol–water partition coefficient (Wildman–Crippen LogP) is 3.36. The highest BCUT2D eigenvalue weighted by Crippen LogP contribution is 2.37. The van der Waals surface area contributed by atoms with Crippen molar-refractivity contribution < 1.29 is 9.15 Å². The third-order valence-electron chi connectivity index (χ3n) is 2.97. The Morgan fingerprint density at radius 3 is 2.82 bits per heavy atom. The maximum Gasteiger partial charge on any atom is 0.191 e. The zero-order chi connectivity index (χ0) is 12.0. The van der Waals surface area contributed by atoms with E-state index >= 15 is 0 Å². The number of benzene rings is 1. The van der Waals surface area contributed by atoms with Gasteiger partial charge in [0.1, 0.15) is 11.4 Å². The number of hydrogen-bond acceptors (Lipinski definition) is 3. The van der Waals surface area contributed by atoms with Crippen LogP contribution in [-0.2, 0) is 6.42 Å². The number of aromatic nitrogens is 1. The molecule has 0 unspecified atom stereocenters. The first-order chi connectivity index (χ1) is 8.03. The standard InChI is InChI=1S/C14H15NO2/c1-9-15-8-13(16-9)10-4-5-12-11(6-10)7-14(2,3)17-12/h4-6,8H,7H2,1-3H3. The van der Waals surface area contributed by atoms with Crippen LogP contribution in [0.3, 0.4) is 0 Å². The molecule has 2 aromatic rings. The molecule has 88 valence electrons. The third kappa shape index (κ3) is 1.82. The lowest BCUT2D eigenvalue weighted by Gasteiger charge is -2.16. The van der Waals surface area contributed by atoms with Crippen molar-refractivity contribution in [2.24, 2.45) is 0 Å². The second kappa shape index (κ2) is 3.36. The smallest absolute Gasteiger partial charge is 0.191 e. The van der Waals surface area contributed by atoms with Crippen LogP contribution in [0.25, 0.3) is 11.3 Å². The van der Waals surface area contributed by atoms with Crippen LogP contribution < -0.4 is 4.74 Å². The van der Waals surface area contributed by atoms with Crippen molar-refractivity contribution in [2.75, 3.05) is 0 Å². The van der Waals surface area contributed by atoms with E-state index in [1.165, 1.54) is 5.56 Å². The number of aryl methyl sites for hydroxylation is 1. The number of nitrogens with zero attached hydrogens (tertiary/aromatic N) is 1. The minimum absolute atomic E-state index is 0.0989. The molecule has 0 N–H and O–H groups in total. The van der Waals surface area contributed by atoms with Gasteiger partial charge in [-0.2, -0.15) is 0 Å². The average molecular weight is 229 g/mol. The maximum atomic E-state index is 5.84. The molecule has 0 atom stereocenters. The second-order valence-corrected chi connectivity index (χ2v) is 5.10. The Bertz CT molecular complexity index is 569. The SMILES string of the molecule is Cc1ncc(-c2ccc3c(c2)CC(C)(C)O3)o1. The molecule has 1 aliphatic rings. The highest BCUT2D eigenvalue weighted by Gasteiger charge is 2.30. The Hall–Kier alpha value is -1.77. The van der Waals surface area contributed by atoms with Gasteiger partial charge in [0.15, 0.2) is 11.7 Å². The summed E-state index contributed by atoms with van der Waals surface area (Å²) in [7, 11) is 0. The van der Waals surface area contributed by atoms with E-state index in [9.17, 15) is 0 Å². The topological polar surface area (TPSA) is 35.3 Å². The molecule has 0 fully saturated rings. The highest BCUT2D eigenvalue weighted by molar-refractivity contribution is 5.61. The van der Waals surface area contributed by atoms with Crippen LogP contribution in [0, 0.1) is 6.92 Å². The number of rotatable bonds is 1. The molecule has 0 saturated heterocycles. The first kappa shape index (κ1) is 10.4. The predicted molar refractivity (Wildman–Crippen MR) is 65.1 cm³/mol. The molecule has 1 aliphatic heterocycles. The van der Waals surface area contributed by atoms with Gasteiger partial charge in [-0.25, -0.2) is 4.98 Å². The van der Waals surface area contributed by atoms with Crippen LogP contribution in [0.15, 0.2) is 28.8 Å². The second-order valence-electron chi connectivity index (χ2n) is 5.10. The number of hydrogen-bond donors (Lipinski definition) is 0. The van der Waals surface area contributed by atoms with Gasteiger partial charge in [0, 0.05) is 18.9 Å². The van der Waals surface area contributed by atoms with Crippen molar-refractivity contribution in [3.05, 3.63) is 35.9 Å². The summed E-state index contributed by atoms with van der Waals surface area (Å²) in [6.45, 7) is 6.06. The van der Waals surface area contributed by atoms with Crippen molar-refractivity contribution in [1.82, 2.24) is 4.98 Å². The van der Waals surface area contributed by atoms with E-state index in [2.05, 4.69) is 24.9 Å². The van der Waals surface area contributed by atoms with Crippen LogP contribution in [0.2, 0.25) is 0 Å². The molecule has 0 amide bonds. The number of fused-ring (bicyclic) bond motifs is 1. The monoisotopic (exact) mass is 229 g/mol. The summed E-state index contributed by atoms with van der Waals surface area (Å²) >= 11 is 0. The van der Waals surface area contributed by atoms with E-state index in [-0.39, 0.29) is 5.60 Å². The Morgan fingerprint density at radius 2 is 2.12 bits per heavy atom. The van der Waals surface area contributed by atoms with Crippen LogP contribution in [-0.4, -0.2) is 10.6 Å². The average Bonchev–Trinajstić information content (AvgIpc) is 2.78. The maximum absolute atomic E-state index is 5.84. The van der Waals surface area contributed by atoms with Gasteiger partial charge in [-0.15, -0.1) is 0 Å². The van der Waals surface area contributed by atoms with Gasteiger partial charge < -0.3 is 9.15 Å². The van der Waals surface area contributed by atoms with Crippen LogP contribution in [0.1, 0.15) is 25.3 Å². The van der Waals surface area contributed by atoms with Gasteiger partial charge in [-0.05, 0) is 37.6 Å². The summed E-state index contributed by atoms with van der Waals surface area (Å²) in [5, 5.41) is 0. The van der Waals surface area contributed by atoms with Crippen LogP contribution >= 0.6 is 0 Å². The van der Waals surface area contributed by atoms with E-state index in [0.717, 1.165) is 23.5 Å². The third-order valence-corrected chi connectivity index (χ3v) is 2.97. The Kier molecular flexibility index (Phi) is 2.05. The van der Waals surface area contributed by atoms with Gasteiger partial charge in [0.05, 0.1) is 6.20 Å². The normalized spacial score (nSPS) is 16.6. The summed E-state index contributed by atoms with van der Waals surface area (Å²) in [4.78, 5) is 4.12. The van der Waals surface area contributed by atoms with Gasteiger partial charge in [-0.3, -0.25) is 0 Å². The van der Waals surface area contributed by atoms with E-state index in [1.807, 2.05) is 19.1 Å². The van der Waals surface area contributed by atoms with Crippen molar-refractivity contribution in [3.8, 4) is 17.1 Å². The molecule has 17 heavy (non-hydrogen) atoms. The summed E-state index contributed by atoms with van der Waals surface area (Å²) in [6, 6.07) is 6.15. The van der Waals surface area contributed by atoms with Crippen LogP contribution in [0.4, 0.5) is 0 Å². The summed E-state index contributed by atoms with van der Waals surface area (Å²) in [5.41, 5.74) is 2.20. The number of oxazole rings is 1. The molecule has 3 rings (SSSR count). The Balaban J connectivity index is 2.01. The fraction of sp³-hybridized carbons (Fsp3) is 0.357. The summed E-state index contributed by atoms with van der Waals surface area (Å²) < 4.78 is 11.4. The zero-order valence-corrected chi connectivity index (χ0v) is 10.3. The lowest BCUT2D eigenvalue weighted by molar-refractivity contribution is 0.138. The van der Waals surface area contributed by atoms with E-state index in [4.69, 9.17) is 9.15 Å². The molecule has 0 radical (unpaired) electrons. The molecular formula is C14H15NO2. The molecule has 0 spiro atoms. The van der Waals surface area contributed by atoms with Crippen molar-refractivity contribution in [3.63, 3.8) is 0 Å². The van der Waals surface area contributed by atoms with Gasteiger partial charge >= 0.3 is 0 Å². The first-order valence-electron chi connectivity index (χ1n) is 5.78. The van der Waals surface area contributed by atoms with Crippen LogP contribution in [0.5, 0.6) is 5.75 Å². The van der Waals surface area contributed by atoms with E-state index < -0.39 is 0 Å². The highest BCUT2D eigenvalue weighted by atomic mass is 16.5. The van der Waals surface area contributed by atoms with Gasteiger partial charge in [-0.1, -0.05) is 0 Å². The molecule has 2 heterocycles. The Labute approximate surface area is 100 Å². The minimum Gasteiger partial charge on any atom is -0.487 e. The largest absolute Gasteiger partial charge is 0.487 e. The minimum atomic E-state index is -0.0989. The Morgan fingerprint density at radius 1 is 1.29 bits per heavy atom. The molecular weight excluding hydrogens is 214 g/mol. The molecule has 0 saturated carbocycles. The lowest BCUT2D eigenvalue weighted by atomic mass is 10.00. The lowest BCUT2D eigenvalue weighted by Crippen LogP contribution is -2.24. The molecule has 0 bridgehead atoms. The fourth-order valence-corrected chi connectivity index (χ4v) is 2.26.